The number of aryl methyl sites for hydroxylation is 1. The standard InChI is InChI=1S/C35H53N3O5/c1-9-11-12-13-14-15-24-38(33(40)30(26(4)10-2)37-34(41)43-35(5,6)7)31(27-18-16-25(3)17-19-27)32(39)36-28-20-22-29(42-8)23-21-28/h16-23,26,30-31H,9-15,24H2,1-8H3,(H,36,39)(H,37,41). The first-order chi connectivity index (χ1) is 20.4. The highest BCUT2D eigenvalue weighted by Crippen LogP contribution is 2.28. The van der Waals surface area contributed by atoms with Gasteiger partial charge >= 0.3 is 6.09 Å². The van der Waals surface area contributed by atoms with Crippen LogP contribution in [0.25, 0.3) is 0 Å². The van der Waals surface area contributed by atoms with Crippen LogP contribution in [0.1, 0.15) is 104 Å². The van der Waals surface area contributed by atoms with Crippen molar-refractivity contribution in [2.45, 2.75) is 111 Å². The third kappa shape index (κ3) is 11.9. The summed E-state index contributed by atoms with van der Waals surface area (Å²) in [5, 5.41) is 5.86. The molecule has 2 aromatic carbocycles. The van der Waals surface area contributed by atoms with E-state index in [1.807, 2.05) is 45.0 Å². The van der Waals surface area contributed by atoms with Crippen molar-refractivity contribution in [3.05, 3.63) is 59.7 Å². The van der Waals surface area contributed by atoms with Gasteiger partial charge in [-0.2, -0.15) is 0 Å². The largest absolute Gasteiger partial charge is 0.497 e. The van der Waals surface area contributed by atoms with E-state index in [2.05, 4.69) is 17.6 Å². The topological polar surface area (TPSA) is 97.0 Å². The van der Waals surface area contributed by atoms with Gasteiger partial charge in [0.2, 0.25) is 5.91 Å². The van der Waals surface area contributed by atoms with E-state index < -0.39 is 23.8 Å². The summed E-state index contributed by atoms with van der Waals surface area (Å²) in [7, 11) is 1.59. The van der Waals surface area contributed by atoms with Crippen LogP contribution in [-0.2, 0) is 14.3 Å². The van der Waals surface area contributed by atoms with Crippen molar-refractivity contribution in [1.82, 2.24) is 10.2 Å². The van der Waals surface area contributed by atoms with Crippen LogP contribution < -0.4 is 15.4 Å². The Labute approximate surface area is 258 Å². The Bertz CT molecular complexity index is 1140. The fourth-order valence-electron chi connectivity index (χ4n) is 4.83. The molecule has 0 fully saturated rings. The first-order valence-electron chi connectivity index (χ1n) is 15.7. The molecule has 0 radical (unpaired) electrons. The number of amides is 3. The quantitative estimate of drug-likeness (QED) is 0.193. The monoisotopic (exact) mass is 595 g/mol. The van der Waals surface area contributed by atoms with E-state index >= 15 is 0 Å². The minimum atomic E-state index is -0.905. The SMILES string of the molecule is CCCCCCCCN(C(=O)C(NC(=O)OC(C)(C)C)C(C)CC)C(C(=O)Nc1ccc(OC)cc1)c1ccc(C)cc1. The molecule has 0 aliphatic carbocycles. The maximum atomic E-state index is 14.5. The van der Waals surface area contributed by atoms with E-state index in [-0.39, 0.29) is 17.7 Å². The summed E-state index contributed by atoms with van der Waals surface area (Å²) in [6, 6.07) is 13.0. The van der Waals surface area contributed by atoms with Gasteiger partial charge in [0, 0.05) is 12.2 Å². The first-order valence-corrected chi connectivity index (χ1v) is 15.7. The van der Waals surface area contributed by atoms with Crippen molar-refractivity contribution in [3.63, 3.8) is 0 Å². The number of rotatable bonds is 16. The first kappa shape index (κ1) is 35.6. The van der Waals surface area contributed by atoms with Crippen molar-refractivity contribution < 1.29 is 23.9 Å². The van der Waals surface area contributed by atoms with Gasteiger partial charge in [0.1, 0.15) is 23.4 Å². The predicted octanol–water partition coefficient (Wildman–Crippen LogP) is 7.81. The van der Waals surface area contributed by atoms with E-state index in [0.29, 0.717) is 30.0 Å². The molecule has 0 bridgehead atoms. The Balaban J connectivity index is 2.51. The predicted molar refractivity (Wildman–Crippen MR) is 173 cm³/mol. The van der Waals surface area contributed by atoms with Crippen LogP contribution in [-0.4, -0.2) is 48.1 Å². The summed E-state index contributed by atoms with van der Waals surface area (Å²) >= 11 is 0. The molecule has 0 saturated heterocycles. The van der Waals surface area contributed by atoms with Crippen LogP contribution in [0.2, 0.25) is 0 Å². The van der Waals surface area contributed by atoms with E-state index in [0.717, 1.165) is 37.7 Å². The molecular weight excluding hydrogens is 542 g/mol. The van der Waals surface area contributed by atoms with Crippen LogP contribution in [0.15, 0.2) is 48.5 Å². The molecule has 238 valence electrons. The van der Waals surface area contributed by atoms with E-state index in [1.165, 1.54) is 6.42 Å². The van der Waals surface area contributed by atoms with E-state index in [9.17, 15) is 14.4 Å². The summed E-state index contributed by atoms with van der Waals surface area (Å²) < 4.78 is 10.8. The minimum absolute atomic E-state index is 0.185. The second-order valence-electron chi connectivity index (χ2n) is 12.3. The normalized spacial score (nSPS) is 13.4. The Morgan fingerprint density at radius 1 is 0.884 bits per heavy atom. The van der Waals surface area contributed by atoms with Crippen molar-refractivity contribution in [3.8, 4) is 5.75 Å². The lowest BCUT2D eigenvalue weighted by Gasteiger charge is -2.36. The molecule has 3 amide bonds. The molecule has 0 spiro atoms. The number of nitrogens with zero attached hydrogens (tertiary/aromatic N) is 1. The van der Waals surface area contributed by atoms with Crippen molar-refractivity contribution in [2.75, 3.05) is 19.0 Å². The lowest BCUT2D eigenvalue weighted by atomic mass is 9.95. The fraction of sp³-hybridized carbons (Fsp3) is 0.571. The van der Waals surface area contributed by atoms with Gasteiger partial charge in [0.25, 0.3) is 5.91 Å². The van der Waals surface area contributed by atoms with Crippen LogP contribution in [0.3, 0.4) is 0 Å². The van der Waals surface area contributed by atoms with Gasteiger partial charge in [-0.3, -0.25) is 9.59 Å². The molecule has 3 unspecified atom stereocenters. The average Bonchev–Trinajstić information content (AvgIpc) is 2.96. The van der Waals surface area contributed by atoms with Crippen LogP contribution in [0.5, 0.6) is 5.75 Å². The number of hydrogen-bond donors (Lipinski definition) is 2. The number of hydrogen-bond acceptors (Lipinski definition) is 5. The number of methoxy groups -OCH3 is 1. The summed E-state index contributed by atoms with van der Waals surface area (Å²) in [5.41, 5.74) is 1.64. The van der Waals surface area contributed by atoms with Gasteiger partial charge in [-0.05, 0) is 69.9 Å². The third-order valence-electron chi connectivity index (χ3n) is 7.50. The van der Waals surface area contributed by atoms with Crippen molar-refractivity contribution >= 4 is 23.6 Å². The summed E-state index contributed by atoms with van der Waals surface area (Å²) in [6.45, 7) is 13.8. The number of alkyl carbamates (subject to hydrolysis) is 1. The Kier molecular flexibility index (Phi) is 14.5. The maximum absolute atomic E-state index is 14.5. The van der Waals surface area contributed by atoms with Gasteiger partial charge < -0.3 is 25.0 Å². The Hall–Kier alpha value is -3.55. The molecule has 0 heterocycles. The number of ether oxygens (including phenoxy) is 2. The smallest absolute Gasteiger partial charge is 0.408 e. The summed E-state index contributed by atoms with van der Waals surface area (Å²) in [6.07, 6.45) is 6.22. The molecule has 0 saturated carbocycles. The molecule has 0 aliphatic heterocycles. The van der Waals surface area contributed by atoms with Crippen molar-refractivity contribution in [2.24, 2.45) is 5.92 Å². The molecule has 2 aromatic rings. The van der Waals surface area contributed by atoms with Gasteiger partial charge in [-0.25, -0.2) is 4.79 Å². The molecule has 8 nitrogen and oxygen atoms in total. The molecule has 43 heavy (non-hydrogen) atoms. The number of carbonyl (C=O) groups excluding carboxylic acids is 3. The number of anilines is 1. The van der Waals surface area contributed by atoms with Gasteiger partial charge in [0.05, 0.1) is 7.11 Å². The number of benzene rings is 2. The lowest BCUT2D eigenvalue weighted by Crippen LogP contribution is -2.55. The highest BCUT2D eigenvalue weighted by molar-refractivity contribution is 5.99. The van der Waals surface area contributed by atoms with E-state index in [4.69, 9.17) is 9.47 Å². The Morgan fingerprint density at radius 3 is 2.05 bits per heavy atom. The average molecular weight is 596 g/mol. The Morgan fingerprint density at radius 2 is 1.49 bits per heavy atom. The summed E-state index contributed by atoms with van der Waals surface area (Å²) in [4.78, 5) is 43.1. The lowest BCUT2D eigenvalue weighted by molar-refractivity contribution is -0.142. The van der Waals surface area contributed by atoms with Gasteiger partial charge in [-0.15, -0.1) is 0 Å². The minimum Gasteiger partial charge on any atom is -0.497 e. The molecule has 3 atom stereocenters. The highest BCUT2D eigenvalue weighted by atomic mass is 16.6. The molecule has 0 aromatic heterocycles. The van der Waals surface area contributed by atoms with Gasteiger partial charge in [-0.1, -0.05) is 89.1 Å². The number of unbranched alkanes of at least 4 members (excludes halogenated alkanes) is 5. The molecular formula is C35H53N3O5. The van der Waals surface area contributed by atoms with Gasteiger partial charge in [0.15, 0.2) is 0 Å². The fourth-order valence-corrected chi connectivity index (χ4v) is 4.83. The third-order valence-corrected chi connectivity index (χ3v) is 7.50. The molecule has 2 N–H and O–H groups in total. The molecule has 8 heteroatoms. The van der Waals surface area contributed by atoms with E-state index in [1.54, 1.807) is 57.0 Å². The second-order valence-corrected chi connectivity index (χ2v) is 12.3. The zero-order chi connectivity index (χ0) is 32.0. The highest BCUT2D eigenvalue weighted by Gasteiger charge is 2.38. The second kappa shape index (κ2) is 17.5. The molecule has 2 rings (SSSR count). The van der Waals surface area contributed by atoms with Crippen LogP contribution >= 0.6 is 0 Å². The van der Waals surface area contributed by atoms with Crippen LogP contribution in [0, 0.1) is 12.8 Å². The maximum Gasteiger partial charge on any atom is 0.408 e. The molecule has 0 aliphatic rings. The van der Waals surface area contributed by atoms with Crippen molar-refractivity contribution in [1.29, 1.82) is 0 Å². The number of nitrogens with one attached hydrogen (secondary N) is 2. The number of carbonyl (C=O) groups is 3. The zero-order valence-corrected chi connectivity index (χ0v) is 27.5. The zero-order valence-electron chi connectivity index (χ0n) is 27.5. The summed E-state index contributed by atoms with van der Waals surface area (Å²) in [5.74, 6) is -0.134. The van der Waals surface area contributed by atoms with Crippen LogP contribution in [0.4, 0.5) is 10.5 Å².